The van der Waals surface area contributed by atoms with Crippen LogP contribution in [0.1, 0.15) is 11.1 Å². The molecule has 0 saturated carbocycles. The molecule has 3 aromatic carbocycles. The van der Waals surface area contributed by atoms with E-state index in [-0.39, 0.29) is 16.9 Å². The fourth-order valence-corrected chi connectivity index (χ4v) is 4.69. The normalized spacial score (nSPS) is 11.2. The van der Waals surface area contributed by atoms with Crippen LogP contribution in [0.4, 0.5) is 8.78 Å². The highest BCUT2D eigenvalue weighted by Gasteiger charge is 2.18. The Hall–Kier alpha value is -3.71. The highest BCUT2D eigenvalue weighted by Crippen LogP contribution is 2.29. The van der Waals surface area contributed by atoms with E-state index in [2.05, 4.69) is 4.98 Å². The molecule has 0 spiro atoms. The highest BCUT2D eigenvalue weighted by molar-refractivity contribution is 7.98. The average Bonchev–Trinajstić information content (AvgIpc) is 3.27. The predicted octanol–water partition coefficient (Wildman–Crippen LogP) is 6.01. The quantitative estimate of drug-likeness (QED) is 0.250. The van der Waals surface area contributed by atoms with E-state index in [9.17, 15) is 13.6 Å². The van der Waals surface area contributed by atoms with Crippen molar-refractivity contribution in [2.75, 3.05) is 0 Å². The molecule has 0 bridgehead atoms. The Morgan fingerprint density at radius 3 is 2.42 bits per heavy atom. The number of hydrogen-bond acceptors (Lipinski definition) is 3. The van der Waals surface area contributed by atoms with Gasteiger partial charge in [-0.25, -0.2) is 13.8 Å². The van der Waals surface area contributed by atoms with Crippen molar-refractivity contribution in [3.63, 3.8) is 0 Å². The molecule has 5 rings (SSSR count). The number of hydrogen-bond donors (Lipinski definition) is 1. The maximum Gasteiger partial charge on any atom is 0.278 e. The third kappa shape index (κ3) is 4.32. The summed E-state index contributed by atoms with van der Waals surface area (Å²) in [5, 5.41) is 0.441. The number of rotatable bonds is 6. The van der Waals surface area contributed by atoms with E-state index in [1.54, 1.807) is 10.8 Å². The van der Waals surface area contributed by atoms with Gasteiger partial charge >= 0.3 is 0 Å². The zero-order chi connectivity index (χ0) is 22.8. The van der Waals surface area contributed by atoms with Crippen LogP contribution in [0.2, 0.25) is 0 Å². The van der Waals surface area contributed by atoms with E-state index in [4.69, 9.17) is 4.98 Å². The van der Waals surface area contributed by atoms with Gasteiger partial charge in [-0.3, -0.25) is 9.36 Å². The molecular weight excluding hydrogens is 440 g/mol. The number of nitrogens with zero attached hydrogens (tertiary/aromatic N) is 2. The van der Waals surface area contributed by atoms with Crippen LogP contribution in [-0.2, 0) is 12.3 Å². The molecule has 0 radical (unpaired) electrons. The smallest absolute Gasteiger partial charge is 0.278 e. The van der Waals surface area contributed by atoms with E-state index >= 15 is 0 Å². The fourth-order valence-electron chi connectivity index (χ4n) is 3.72. The van der Waals surface area contributed by atoms with Gasteiger partial charge in [-0.05, 0) is 29.3 Å². The Balaban J connectivity index is 1.62. The molecule has 1 N–H and O–H groups in total. The number of halogens is 2. The van der Waals surface area contributed by atoms with Gasteiger partial charge in [-0.1, -0.05) is 72.4 Å². The van der Waals surface area contributed by atoms with Gasteiger partial charge in [0.2, 0.25) is 0 Å². The molecule has 0 amide bonds. The number of aromatic amines is 1. The molecule has 0 atom stereocenters. The number of nitrogens with one attached hydrogen (secondary N) is 1. The van der Waals surface area contributed by atoms with Gasteiger partial charge < -0.3 is 4.98 Å². The van der Waals surface area contributed by atoms with Crippen LogP contribution >= 0.6 is 11.8 Å². The average molecular weight is 460 g/mol. The lowest BCUT2D eigenvalue weighted by atomic mass is 10.1. The molecule has 5 aromatic rings. The van der Waals surface area contributed by atoms with E-state index in [0.29, 0.717) is 22.7 Å². The van der Waals surface area contributed by atoms with Crippen molar-refractivity contribution in [1.82, 2.24) is 14.5 Å². The molecule has 164 valence electrons. The Morgan fingerprint density at radius 2 is 1.67 bits per heavy atom. The van der Waals surface area contributed by atoms with Gasteiger partial charge in [-0.2, -0.15) is 0 Å². The zero-order valence-corrected chi connectivity index (χ0v) is 18.3. The lowest BCUT2D eigenvalue weighted by Gasteiger charge is -2.13. The van der Waals surface area contributed by atoms with Gasteiger partial charge in [0.05, 0.1) is 6.54 Å². The molecule has 4 nitrogen and oxygen atoms in total. The van der Waals surface area contributed by atoms with Crippen molar-refractivity contribution in [3.05, 3.63) is 118 Å². The molecule has 0 fully saturated rings. The van der Waals surface area contributed by atoms with Crippen LogP contribution in [0.15, 0.2) is 95.0 Å². The summed E-state index contributed by atoms with van der Waals surface area (Å²) in [5.41, 5.74) is 3.65. The summed E-state index contributed by atoms with van der Waals surface area (Å²) in [7, 11) is 0. The predicted molar refractivity (Wildman–Crippen MR) is 127 cm³/mol. The number of benzene rings is 3. The van der Waals surface area contributed by atoms with Crippen molar-refractivity contribution in [3.8, 4) is 11.1 Å². The van der Waals surface area contributed by atoms with E-state index < -0.39 is 11.6 Å². The second-order valence-corrected chi connectivity index (χ2v) is 8.53. The SMILES string of the molecule is O=c1c2[nH]cc(-c3ccccc3)c2nc(SCc2cc(F)ccc2F)n1Cc1ccccc1. The Morgan fingerprint density at radius 1 is 0.939 bits per heavy atom. The lowest BCUT2D eigenvalue weighted by Crippen LogP contribution is -2.24. The number of fused-ring (bicyclic) bond motifs is 1. The number of H-pyrrole nitrogens is 1. The van der Waals surface area contributed by atoms with Crippen molar-refractivity contribution < 1.29 is 8.78 Å². The van der Waals surface area contributed by atoms with Crippen LogP contribution in [-0.4, -0.2) is 14.5 Å². The van der Waals surface area contributed by atoms with Gasteiger partial charge in [-0.15, -0.1) is 0 Å². The second-order valence-electron chi connectivity index (χ2n) is 7.59. The molecule has 0 aliphatic heterocycles. The largest absolute Gasteiger partial charge is 0.355 e. The summed E-state index contributed by atoms with van der Waals surface area (Å²) < 4.78 is 29.4. The summed E-state index contributed by atoms with van der Waals surface area (Å²) in [6.07, 6.45) is 1.78. The van der Waals surface area contributed by atoms with Crippen molar-refractivity contribution in [1.29, 1.82) is 0 Å². The van der Waals surface area contributed by atoms with E-state index in [0.717, 1.165) is 28.8 Å². The molecule has 0 aliphatic rings. The number of aromatic nitrogens is 3. The molecule has 0 unspecified atom stereocenters. The fraction of sp³-hybridized carbons (Fsp3) is 0.0769. The van der Waals surface area contributed by atoms with Crippen LogP contribution in [0.5, 0.6) is 0 Å². The maximum absolute atomic E-state index is 14.2. The Bertz CT molecular complexity index is 1480. The molecule has 0 saturated heterocycles. The Labute approximate surface area is 192 Å². The van der Waals surface area contributed by atoms with Crippen LogP contribution in [0, 0.1) is 11.6 Å². The maximum atomic E-state index is 14.2. The molecule has 2 aromatic heterocycles. The van der Waals surface area contributed by atoms with Gasteiger partial charge in [0.15, 0.2) is 5.16 Å². The first-order chi connectivity index (χ1) is 16.1. The molecule has 33 heavy (non-hydrogen) atoms. The summed E-state index contributed by atoms with van der Waals surface area (Å²) >= 11 is 1.21. The van der Waals surface area contributed by atoms with E-state index in [1.807, 2.05) is 60.7 Å². The van der Waals surface area contributed by atoms with Gasteiger partial charge in [0.1, 0.15) is 22.7 Å². The summed E-state index contributed by atoms with van der Waals surface area (Å²) in [4.78, 5) is 21.4. The molecule has 2 heterocycles. The minimum Gasteiger partial charge on any atom is -0.355 e. The zero-order valence-electron chi connectivity index (χ0n) is 17.5. The van der Waals surface area contributed by atoms with Crippen molar-refractivity contribution >= 4 is 22.8 Å². The summed E-state index contributed by atoms with van der Waals surface area (Å²) in [6.45, 7) is 0.316. The first-order valence-electron chi connectivity index (χ1n) is 10.4. The van der Waals surface area contributed by atoms with Crippen molar-refractivity contribution in [2.45, 2.75) is 17.5 Å². The van der Waals surface area contributed by atoms with E-state index in [1.165, 1.54) is 17.8 Å². The Kier molecular flexibility index (Phi) is 5.79. The van der Waals surface area contributed by atoms with Crippen molar-refractivity contribution in [2.24, 2.45) is 0 Å². The summed E-state index contributed by atoms with van der Waals surface area (Å²) in [6, 6.07) is 22.6. The lowest BCUT2D eigenvalue weighted by molar-refractivity contribution is 0.591. The standard InChI is InChI=1S/C26H19F2N3OS/c27-20-11-12-22(28)19(13-20)16-33-26-30-23-21(18-9-5-2-6-10-18)14-29-24(23)25(32)31(26)15-17-7-3-1-4-8-17/h1-14,29H,15-16H2. The van der Waals surface area contributed by atoms with Crippen LogP contribution in [0.3, 0.4) is 0 Å². The monoisotopic (exact) mass is 459 g/mol. The minimum absolute atomic E-state index is 0.140. The van der Waals surface area contributed by atoms with Gasteiger partial charge in [0.25, 0.3) is 5.56 Å². The topological polar surface area (TPSA) is 50.7 Å². The number of thioether (sulfide) groups is 1. The first kappa shape index (κ1) is 21.2. The third-order valence-corrected chi connectivity index (χ3v) is 6.41. The molecule has 7 heteroatoms. The molecular formula is C26H19F2N3OS. The second kappa shape index (κ2) is 9.03. The highest BCUT2D eigenvalue weighted by atomic mass is 32.2. The van der Waals surface area contributed by atoms with Crippen LogP contribution in [0.25, 0.3) is 22.2 Å². The van der Waals surface area contributed by atoms with Gasteiger partial charge in [0, 0.05) is 23.1 Å². The first-order valence-corrected chi connectivity index (χ1v) is 11.4. The molecule has 0 aliphatic carbocycles. The summed E-state index contributed by atoms with van der Waals surface area (Å²) in [5.74, 6) is -0.857. The minimum atomic E-state index is -0.505. The van der Waals surface area contributed by atoms with Crippen LogP contribution < -0.4 is 5.56 Å². The third-order valence-electron chi connectivity index (χ3n) is 5.38.